The Morgan fingerprint density at radius 2 is 1.70 bits per heavy atom. The molecule has 1 amide bonds. The highest BCUT2D eigenvalue weighted by Crippen LogP contribution is 2.28. The van der Waals surface area contributed by atoms with Gasteiger partial charge in [0.15, 0.2) is 0 Å². The first-order chi connectivity index (χ1) is 11.2. The van der Waals surface area contributed by atoms with Gasteiger partial charge in [-0.05, 0) is 42.5 Å². The average molecular weight is 304 g/mol. The fourth-order valence-electron chi connectivity index (χ4n) is 3.33. The Bertz CT molecular complexity index is 716. The third-order valence-electron chi connectivity index (χ3n) is 4.68. The second-order valence-corrected chi connectivity index (χ2v) is 6.24. The molecule has 3 nitrogen and oxygen atoms in total. The number of amides is 1. The molecule has 2 unspecified atom stereocenters. The summed E-state index contributed by atoms with van der Waals surface area (Å²) in [7, 11) is 1.91. The number of carbonyl (C=O) groups excluding carboxylic acids is 1. The Morgan fingerprint density at radius 3 is 2.35 bits per heavy atom. The molecule has 116 valence electrons. The van der Waals surface area contributed by atoms with Crippen molar-refractivity contribution < 1.29 is 4.79 Å². The summed E-state index contributed by atoms with van der Waals surface area (Å²) in [6.07, 6.45) is 2.55. The van der Waals surface area contributed by atoms with Gasteiger partial charge in [-0.2, -0.15) is 5.26 Å². The molecule has 2 atom stereocenters. The van der Waals surface area contributed by atoms with Crippen LogP contribution in [0.1, 0.15) is 23.1 Å². The normalized spacial score (nSPS) is 20.5. The Hall–Kier alpha value is -2.60. The summed E-state index contributed by atoms with van der Waals surface area (Å²) in [5.74, 6) is 0.275. The minimum atomic E-state index is 0.0432. The van der Waals surface area contributed by atoms with E-state index in [2.05, 4.69) is 18.2 Å². The van der Waals surface area contributed by atoms with Crippen LogP contribution >= 0.6 is 0 Å². The zero-order valence-electron chi connectivity index (χ0n) is 13.3. The molecule has 0 N–H and O–H groups in total. The largest absolute Gasteiger partial charge is 0.342 e. The highest BCUT2D eigenvalue weighted by atomic mass is 16.2. The lowest BCUT2D eigenvalue weighted by Crippen LogP contribution is -2.31. The van der Waals surface area contributed by atoms with E-state index in [1.807, 2.05) is 54.4 Å². The van der Waals surface area contributed by atoms with Gasteiger partial charge in [0.25, 0.3) is 0 Å². The molecule has 1 aliphatic rings. The first-order valence-corrected chi connectivity index (χ1v) is 7.97. The molecule has 0 bridgehead atoms. The molecular formula is C20H20N2O. The number of nitriles is 1. The van der Waals surface area contributed by atoms with Crippen LogP contribution in [0.25, 0.3) is 0 Å². The molecule has 2 aromatic rings. The van der Waals surface area contributed by atoms with E-state index in [1.54, 1.807) is 0 Å². The zero-order valence-corrected chi connectivity index (χ0v) is 13.3. The van der Waals surface area contributed by atoms with E-state index in [1.165, 1.54) is 5.56 Å². The van der Waals surface area contributed by atoms with Crippen molar-refractivity contribution in [1.29, 1.82) is 5.26 Å². The highest BCUT2D eigenvalue weighted by Gasteiger charge is 2.36. The van der Waals surface area contributed by atoms with E-state index in [9.17, 15) is 4.79 Å². The minimum Gasteiger partial charge on any atom is -0.342 e. The third kappa shape index (κ3) is 3.43. The number of likely N-dealkylation sites (tertiary alicyclic amines) is 1. The highest BCUT2D eigenvalue weighted by molar-refractivity contribution is 5.81. The number of likely N-dealkylation sites (N-methyl/N-ethyl adjacent to an activating group) is 1. The van der Waals surface area contributed by atoms with Crippen molar-refractivity contribution in [2.75, 3.05) is 7.05 Å². The maximum absolute atomic E-state index is 12.5. The van der Waals surface area contributed by atoms with Crippen molar-refractivity contribution in [3.8, 4) is 6.07 Å². The van der Waals surface area contributed by atoms with Gasteiger partial charge in [0.2, 0.25) is 5.91 Å². The van der Waals surface area contributed by atoms with E-state index in [0.29, 0.717) is 5.56 Å². The lowest BCUT2D eigenvalue weighted by molar-refractivity contribution is -0.130. The molecule has 0 saturated carbocycles. The zero-order chi connectivity index (χ0) is 16.2. The minimum absolute atomic E-state index is 0.0432. The first kappa shape index (κ1) is 15.3. The Labute approximate surface area is 137 Å². The smallest absolute Gasteiger partial charge is 0.226 e. The predicted octanol–water partition coefficient (Wildman–Crippen LogP) is 3.19. The maximum Gasteiger partial charge on any atom is 0.226 e. The Kier molecular flexibility index (Phi) is 4.43. The number of hydrogen-bond donors (Lipinski definition) is 0. The van der Waals surface area contributed by atoms with Crippen LogP contribution in [0.4, 0.5) is 0 Å². The van der Waals surface area contributed by atoms with Crippen molar-refractivity contribution >= 4 is 5.91 Å². The number of rotatable bonds is 4. The molecule has 3 rings (SSSR count). The molecule has 1 saturated heterocycles. The van der Waals surface area contributed by atoms with E-state index in [-0.39, 0.29) is 17.9 Å². The third-order valence-corrected chi connectivity index (χ3v) is 4.68. The molecule has 0 aromatic heterocycles. The number of carbonyl (C=O) groups is 1. The number of benzene rings is 2. The fourth-order valence-corrected chi connectivity index (χ4v) is 3.33. The fraction of sp³-hybridized carbons (Fsp3) is 0.300. The monoisotopic (exact) mass is 304 g/mol. The first-order valence-electron chi connectivity index (χ1n) is 7.97. The SMILES string of the molecule is CN1C(=O)C(Cc2ccc(C#N)cc2)CC1Cc1ccccc1. The summed E-state index contributed by atoms with van der Waals surface area (Å²) in [6.45, 7) is 0. The molecule has 1 heterocycles. The van der Waals surface area contributed by atoms with Crippen LogP contribution in [0, 0.1) is 17.2 Å². The summed E-state index contributed by atoms with van der Waals surface area (Å²) < 4.78 is 0. The molecule has 2 aromatic carbocycles. The quantitative estimate of drug-likeness (QED) is 0.870. The summed E-state index contributed by atoms with van der Waals surface area (Å²) >= 11 is 0. The summed E-state index contributed by atoms with van der Waals surface area (Å²) in [6, 6.07) is 20.3. The van der Waals surface area contributed by atoms with Crippen LogP contribution in [0.5, 0.6) is 0 Å². The molecule has 3 heteroatoms. The van der Waals surface area contributed by atoms with E-state index in [4.69, 9.17) is 5.26 Å². The Balaban J connectivity index is 1.67. The van der Waals surface area contributed by atoms with Gasteiger partial charge in [-0.15, -0.1) is 0 Å². The van der Waals surface area contributed by atoms with E-state index < -0.39 is 0 Å². The van der Waals surface area contributed by atoms with E-state index >= 15 is 0 Å². The van der Waals surface area contributed by atoms with Gasteiger partial charge in [0.1, 0.15) is 0 Å². The molecule has 0 radical (unpaired) electrons. The molecule has 0 aliphatic carbocycles. The second-order valence-electron chi connectivity index (χ2n) is 6.24. The predicted molar refractivity (Wildman–Crippen MR) is 89.7 cm³/mol. The second kappa shape index (κ2) is 6.66. The molecule has 0 spiro atoms. The summed E-state index contributed by atoms with van der Waals surface area (Å²) in [5, 5.41) is 8.85. The van der Waals surface area contributed by atoms with Gasteiger partial charge in [-0.25, -0.2) is 0 Å². The molecular weight excluding hydrogens is 284 g/mol. The van der Waals surface area contributed by atoms with Gasteiger partial charge in [0, 0.05) is 19.0 Å². The average Bonchev–Trinajstić information content (AvgIpc) is 2.84. The lowest BCUT2D eigenvalue weighted by atomic mass is 9.94. The van der Waals surface area contributed by atoms with Crippen molar-refractivity contribution in [2.24, 2.45) is 5.92 Å². The molecule has 1 aliphatic heterocycles. The summed E-state index contributed by atoms with van der Waals surface area (Å²) in [5.41, 5.74) is 3.05. The number of nitrogens with zero attached hydrogens (tertiary/aromatic N) is 2. The van der Waals surface area contributed by atoms with Crippen LogP contribution in [0.3, 0.4) is 0 Å². The van der Waals surface area contributed by atoms with Gasteiger partial charge in [-0.1, -0.05) is 42.5 Å². The van der Waals surface area contributed by atoms with Gasteiger partial charge in [-0.3, -0.25) is 4.79 Å². The lowest BCUT2D eigenvalue weighted by Gasteiger charge is -2.19. The van der Waals surface area contributed by atoms with Crippen LogP contribution in [0.15, 0.2) is 54.6 Å². The van der Waals surface area contributed by atoms with Gasteiger partial charge >= 0.3 is 0 Å². The van der Waals surface area contributed by atoms with Gasteiger partial charge < -0.3 is 4.90 Å². The molecule has 23 heavy (non-hydrogen) atoms. The van der Waals surface area contributed by atoms with Crippen LogP contribution in [-0.2, 0) is 17.6 Å². The van der Waals surface area contributed by atoms with Crippen LogP contribution < -0.4 is 0 Å². The molecule has 1 fully saturated rings. The topological polar surface area (TPSA) is 44.1 Å². The van der Waals surface area contributed by atoms with Gasteiger partial charge in [0.05, 0.1) is 11.6 Å². The van der Waals surface area contributed by atoms with Crippen molar-refractivity contribution in [1.82, 2.24) is 4.90 Å². The van der Waals surface area contributed by atoms with Crippen molar-refractivity contribution in [3.63, 3.8) is 0 Å². The van der Waals surface area contributed by atoms with Crippen LogP contribution in [0.2, 0.25) is 0 Å². The van der Waals surface area contributed by atoms with Crippen molar-refractivity contribution in [2.45, 2.75) is 25.3 Å². The standard InChI is InChI=1S/C20H20N2O/c1-22-19(12-15-5-3-2-4-6-15)13-18(20(22)23)11-16-7-9-17(14-21)10-8-16/h2-10,18-19H,11-13H2,1H3. The van der Waals surface area contributed by atoms with Crippen molar-refractivity contribution in [3.05, 3.63) is 71.3 Å². The number of hydrogen-bond acceptors (Lipinski definition) is 2. The van der Waals surface area contributed by atoms with Crippen LogP contribution in [-0.4, -0.2) is 23.9 Å². The maximum atomic E-state index is 12.5. The van der Waals surface area contributed by atoms with E-state index in [0.717, 1.165) is 24.8 Å². The Morgan fingerprint density at radius 1 is 1.04 bits per heavy atom. The summed E-state index contributed by atoms with van der Waals surface area (Å²) in [4.78, 5) is 14.4.